The van der Waals surface area contributed by atoms with E-state index in [1.807, 2.05) is 41.8 Å². The van der Waals surface area contributed by atoms with Crippen molar-refractivity contribution in [2.45, 2.75) is 0 Å². The lowest BCUT2D eigenvalue weighted by Crippen LogP contribution is -2.17. The summed E-state index contributed by atoms with van der Waals surface area (Å²) in [7, 11) is 0. The smallest absolute Gasteiger partial charge is 0.294 e. The summed E-state index contributed by atoms with van der Waals surface area (Å²) in [6.07, 6.45) is 0. The van der Waals surface area contributed by atoms with Crippen molar-refractivity contribution in [1.29, 1.82) is 0 Å². The highest BCUT2D eigenvalue weighted by atomic mass is 35.5. The van der Waals surface area contributed by atoms with Gasteiger partial charge in [0.2, 0.25) is 5.82 Å². The number of nitrogens with zero attached hydrogens (tertiary/aromatic N) is 3. The molecule has 0 saturated carbocycles. The Morgan fingerprint density at radius 1 is 1.00 bits per heavy atom. The summed E-state index contributed by atoms with van der Waals surface area (Å²) in [5, 5.41) is 10.4. The number of rotatable bonds is 4. The number of amides is 1. The molecule has 0 aliphatic carbocycles. The number of aromatic nitrogens is 3. The van der Waals surface area contributed by atoms with E-state index in [2.05, 4.69) is 25.6 Å². The molecular weight excluding hydrogens is 432 g/mol. The third-order valence-electron chi connectivity index (χ3n) is 4.62. The van der Waals surface area contributed by atoms with Crippen LogP contribution in [0.15, 0.2) is 66.0 Å². The van der Waals surface area contributed by atoms with Crippen LogP contribution in [0.2, 0.25) is 5.02 Å². The zero-order valence-electron chi connectivity index (χ0n) is 16.0. The van der Waals surface area contributed by atoms with Gasteiger partial charge < -0.3 is 16.4 Å². The number of pyridine rings is 1. The fourth-order valence-electron chi connectivity index (χ4n) is 3.19. The number of benzene rings is 2. The lowest BCUT2D eigenvalue weighted by Gasteiger charge is -2.12. The van der Waals surface area contributed by atoms with E-state index in [1.165, 1.54) is 11.3 Å². The Bertz CT molecular complexity index is 1430. The van der Waals surface area contributed by atoms with Gasteiger partial charge in [-0.1, -0.05) is 35.9 Å². The van der Waals surface area contributed by atoms with Crippen LogP contribution >= 0.6 is 22.9 Å². The Kier molecular flexibility index (Phi) is 4.85. The maximum Gasteiger partial charge on any atom is 0.294 e. The molecule has 0 unspecified atom stereocenters. The van der Waals surface area contributed by atoms with Gasteiger partial charge in [0.1, 0.15) is 17.5 Å². The number of fused-ring (bicyclic) bond motifs is 2. The second-order valence-corrected chi connectivity index (χ2v) is 8.08. The molecule has 152 valence electrons. The average Bonchev–Trinajstić information content (AvgIpc) is 3.25. The normalized spacial score (nSPS) is 11.0. The fourth-order valence-corrected chi connectivity index (χ4v) is 4.05. The molecule has 31 heavy (non-hydrogen) atoms. The van der Waals surface area contributed by atoms with Gasteiger partial charge in [0.15, 0.2) is 0 Å². The minimum absolute atomic E-state index is 0.00873. The van der Waals surface area contributed by atoms with Gasteiger partial charge in [0.05, 0.1) is 10.2 Å². The monoisotopic (exact) mass is 446 g/mol. The summed E-state index contributed by atoms with van der Waals surface area (Å²) in [5.41, 5.74) is 7.43. The molecule has 0 spiro atoms. The van der Waals surface area contributed by atoms with Crippen LogP contribution < -0.4 is 16.4 Å². The molecule has 5 aromatic rings. The molecule has 3 heterocycles. The maximum absolute atomic E-state index is 12.8. The van der Waals surface area contributed by atoms with Crippen LogP contribution in [0.25, 0.3) is 21.0 Å². The first-order valence-corrected chi connectivity index (χ1v) is 10.6. The Labute approximate surface area is 185 Å². The first-order valence-electron chi connectivity index (χ1n) is 9.31. The second-order valence-electron chi connectivity index (χ2n) is 6.73. The highest BCUT2D eigenvalue weighted by molar-refractivity contribution is 7.17. The number of carbonyl (C=O) groups excluding carboxylic acids is 1. The van der Waals surface area contributed by atoms with E-state index in [0.717, 1.165) is 21.2 Å². The molecule has 0 aliphatic heterocycles. The molecule has 4 N–H and O–H groups in total. The number of nitrogens with one attached hydrogen (secondary N) is 2. The molecule has 0 aliphatic rings. The van der Waals surface area contributed by atoms with Crippen LogP contribution in [0.4, 0.5) is 23.1 Å². The van der Waals surface area contributed by atoms with Crippen LogP contribution in [0, 0.1) is 0 Å². The quantitative estimate of drug-likeness (QED) is 0.338. The van der Waals surface area contributed by atoms with Gasteiger partial charge in [-0.15, -0.1) is 11.3 Å². The highest BCUT2D eigenvalue weighted by Gasteiger charge is 2.15. The Morgan fingerprint density at radius 2 is 1.81 bits per heavy atom. The van der Waals surface area contributed by atoms with Gasteiger partial charge in [0.25, 0.3) is 5.91 Å². The summed E-state index contributed by atoms with van der Waals surface area (Å²) in [6, 6.07) is 18.7. The van der Waals surface area contributed by atoms with Gasteiger partial charge in [-0.3, -0.25) is 4.79 Å². The summed E-state index contributed by atoms with van der Waals surface area (Å²) in [6.45, 7) is 0. The first kappa shape index (κ1) is 19.2. The van der Waals surface area contributed by atoms with Crippen molar-refractivity contribution in [1.82, 2.24) is 15.0 Å². The predicted molar refractivity (Wildman–Crippen MR) is 126 cm³/mol. The van der Waals surface area contributed by atoms with E-state index in [9.17, 15) is 4.79 Å². The molecular formula is C22H15ClN6OS. The number of halogens is 1. The van der Waals surface area contributed by atoms with E-state index < -0.39 is 5.91 Å². The minimum atomic E-state index is -0.486. The zero-order chi connectivity index (χ0) is 21.4. The molecule has 0 fully saturated rings. The summed E-state index contributed by atoms with van der Waals surface area (Å²) in [4.78, 5) is 25.9. The molecule has 0 atom stereocenters. The molecule has 0 saturated heterocycles. The Balaban J connectivity index is 1.50. The Hall–Kier alpha value is -3.75. The standard InChI is InChI=1S/C22H15ClN6OS/c23-13-5-7-14(8-6-13)25-20-15-4-2-1-3-12(15)11-17(27-20)28-22(30)21-26-16-9-10-31-18(16)19(24)29-21/h1-11H,(H2,24,26,29)(H2,25,27,28,30). The predicted octanol–water partition coefficient (Wildman–Crippen LogP) is 5.47. The molecule has 5 rings (SSSR count). The van der Waals surface area contributed by atoms with Gasteiger partial charge in [-0.2, -0.15) is 0 Å². The van der Waals surface area contributed by atoms with Crippen LogP contribution in [-0.2, 0) is 0 Å². The van der Waals surface area contributed by atoms with Crippen LogP contribution in [0.1, 0.15) is 10.6 Å². The lowest BCUT2D eigenvalue weighted by atomic mass is 10.1. The summed E-state index contributed by atoms with van der Waals surface area (Å²) < 4.78 is 0.759. The SMILES string of the molecule is Nc1nc(C(=O)Nc2cc3ccccc3c(Nc3ccc(Cl)cc3)n2)nc2ccsc12. The number of nitrogens with two attached hydrogens (primary N) is 1. The van der Waals surface area contributed by atoms with Crippen molar-refractivity contribution in [2.24, 2.45) is 0 Å². The topological polar surface area (TPSA) is 106 Å². The van der Waals surface area contributed by atoms with E-state index in [-0.39, 0.29) is 11.6 Å². The van der Waals surface area contributed by atoms with Gasteiger partial charge in [-0.05, 0) is 47.2 Å². The number of carbonyl (C=O) groups is 1. The molecule has 0 bridgehead atoms. The third kappa shape index (κ3) is 3.86. The number of thiophene rings is 1. The number of hydrogen-bond donors (Lipinski definition) is 3. The van der Waals surface area contributed by atoms with Crippen molar-refractivity contribution in [3.05, 3.63) is 76.9 Å². The van der Waals surface area contributed by atoms with Gasteiger partial charge in [-0.25, -0.2) is 15.0 Å². The van der Waals surface area contributed by atoms with E-state index >= 15 is 0 Å². The summed E-state index contributed by atoms with van der Waals surface area (Å²) >= 11 is 7.41. The average molecular weight is 447 g/mol. The van der Waals surface area contributed by atoms with Crippen molar-refractivity contribution >= 4 is 73.0 Å². The minimum Gasteiger partial charge on any atom is -0.382 e. The van der Waals surface area contributed by atoms with Gasteiger partial charge >= 0.3 is 0 Å². The third-order valence-corrected chi connectivity index (χ3v) is 5.80. The second kappa shape index (κ2) is 7.82. The molecule has 9 heteroatoms. The van der Waals surface area contributed by atoms with E-state index in [1.54, 1.807) is 24.3 Å². The van der Waals surface area contributed by atoms with E-state index in [4.69, 9.17) is 17.3 Å². The van der Waals surface area contributed by atoms with E-state index in [0.29, 0.717) is 22.2 Å². The van der Waals surface area contributed by atoms with Crippen LogP contribution in [0.5, 0.6) is 0 Å². The number of hydrogen-bond acceptors (Lipinski definition) is 7. The zero-order valence-corrected chi connectivity index (χ0v) is 17.5. The molecule has 2 aromatic carbocycles. The van der Waals surface area contributed by atoms with Crippen molar-refractivity contribution in [3.63, 3.8) is 0 Å². The molecule has 1 amide bonds. The first-order chi connectivity index (χ1) is 15.1. The molecule has 7 nitrogen and oxygen atoms in total. The van der Waals surface area contributed by atoms with Crippen molar-refractivity contribution in [2.75, 3.05) is 16.4 Å². The fraction of sp³-hybridized carbons (Fsp3) is 0. The molecule has 3 aromatic heterocycles. The van der Waals surface area contributed by atoms with Crippen LogP contribution in [-0.4, -0.2) is 20.9 Å². The largest absolute Gasteiger partial charge is 0.382 e. The Morgan fingerprint density at radius 3 is 2.65 bits per heavy atom. The lowest BCUT2D eigenvalue weighted by molar-refractivity contribution is 0.101. The number of anilines is 4. The van der Waals surface area contributed by atoms with Crippen molar-refractivity contribution < 1.29 is 4.79 Å². The summed E-state index contributed by atoms with van der Waals surface area (Å²) in [5.74, 6) is 0.754. The maximum atomic E-state index is 12.8. The van der Waals surface area contributed by atoms with Crippen molar-refractivity contribution in [3.8, 4) is 0 Å². The van der Waals surface area contributed by atoms with Crippen LogP contribution in [0.3, 0.4) is 0 Å². The number of nitrogen functional groups attached to an aromatic ring is 1. The van der Waals surface area contributed by atoms with Gasteiger partial charge in [0, 0.05) is 16.1 Å². The highest BCUT2D eigenvalue weighted by Crippen LogP contribution is 2.28. The molecule has 0 radical (unpaired) electrons.